The topological polar surface area (TPSA) is 97.3 Å². The number of carbonyl (C=O) groups excluding carboxylic acids is 2. The van der Waals surface area contributed by atoms with Gasteiger partial charge in [0, 0.05) is 19.4 Å². The number of nitrogens with one attached hydrogen (secondary N) is 1. The van der Waals surface area contributed by atoms with Crippen molar-refractivity contribution in [1.82, 2.24) is 10.2 Å². The molecule has 0 spiro atoms. The van der Waals surface area contributed by atoms with E-state index in [4.69, 9.17) is 25.8 Å². The second-order valence-electron chi connectivity index (χ2n) is 6.96. The van der Waals surface area contributed by atoms with E-state index in [2.05, 4.69) is 5.32 Å². The third kappa shape index (κ3) is 4.43. The van der Waals surface area contributed by atoms with E-state index in [-0.39, 0.29) is 40.8 Å². The van der Waals surface area contributed by atoms with Crippen LogP contribution in [-0.4, -0.2) is 55.0 Å². The number of halogens is 1. The maximum Gasteiger partial charge on any atom is 0.338 e. The lowest BCUT2D eigenvalue weighted by Gasteiger charge is -2.33. The van der Waals surface area contributed by atoms with Gasteiger partial charge < -0.3 is 29.5 Å². The Kier molecular flexibility index (Phi) is 6.54. The summed E-state index contributed by atoms with van der Waals surface area (Å²) in [5.41, 5.74) is 1.26. The largest absolute Gasteiger partial charge is 0.503 e. The Labute approximate surface area is 174 Å². The molecule has 0 unspecified atom stereocenters. The lowest BCUT2D eigenvalue weighted by molar-refractivity contribution is -0.142. The molecule has 158 valence electrons. The number of phenols is 1. The van der Waals surface area contributed by atoms with Crippen LogP contribution in [0.25, 0.3) is 0 Å². The van der Waals surface area contributed by atoms with Crippen molar-refractivity contribution in [3.05, 3.63) is 34.0 Å². The summed E-state index contributed by atoms with van der Waals surface area (Å²) in [6.07, 6.45) is 1.68. The molecule has 2 N–H and O–H groups in total. The van der Waals surface area contributed by atoms with Crippen LogP contribution in [0, 0.1) is 0 Å². The van der Waals surface area contributed by atoms with Gasteiger partial charge in [0.15, 0.2) is 11.5 Å². The number of allylic oxidation sites excluding steroid dienone is 1. The number of benzene rings is 1. The number of hydrogen-bond donors (Lipinski definition) is 2. The van der Waals surface area contributed by atoms with Crippen LogP contribution in [0.3, 0.4) is 0 Å². The van der Waals surface area contributed by atoms with Crippen LogP contribution in [-0.2, 0) is 14.3 Å². The van der Waals surface area contributed by atoms with Gasteiger partial charge in [0.05, 0.1) is 29.3 Å². The number of phenolic OH excluding ortho intramolecular Hbond substituents is 1. The van der Waals surface area contributed by atoms with Crippen LogP contribution in [0.5, 0.6) is 11.5 Å². The first-order valence-corrected chi connectivity index (χ1v) is 9.90. The number of esters is 1. The van der Waals surface area contributed by atoms with Crippen LogP contribution in [0.4, 0.5) is 4.79 Å². The zero-order valence-corrected chi connectivity index (χ0v) is 17.4. The van der Waals surface area contributed by atoms with E-state index in [0.29, 0.717) is 24.5 Å². The van der Waals surface area contributed by atoms with E-state index in [1.54, 1.807) is 27.0 Å². The molecule has 2 amide bonds. The SMILES string of the molecule is CCOc1cc([C@@H]2NC(=O)N(C)C(C)=C2C(=O)OC[C@@H]2CCCO2)cc(Cl)c1O. The zero-order valence-electron chi connectivity index (χ0n) is 16.7. The maximum atomic E-state index is 12.9. The molecule has 3 rings (SSSR count). The van der Waals surface area contributed by atoms with Crippen LogP contribution >= 0.6 is 11.6 Å². The van der Waals surface area contributed by atoms with Crippen LogP contribution in [0.15, 0.2) is 23.4 Å². The number of ether oxygens (including phenoxy) is 3. The molecule has 2 heterocycles. The molecule has 2 aliphatic rings. The first-order chi connectivity index (χ1) is 13.8. The first-order valence-electron chi connectivity index (χ1n) is 9.52. The molecule has 0 saturated carbocycles. The van der Waals surface area contributed by atoms with Gasteiger partial charge in [-0.2, -0.15) is 0 Å². The lowest BCUT2D eigenvalue weighted by atomic mass is 9.94. The predicted molar refractivity (Wildman–Crippen MR) is 106 cm³/mol. The van der Waals surface area contributed by atoms with Gasteiger partial charge in [-0.3, -0.25) is 0 Å². The minimum atomic E-state index is -0.798. The molecule has 0 bridgehead atoms. The Balaban J connectivity index is 1.94. The van der Waals surface area contributed by atoms with Gasteiger partial charge in [-0.25, -0.2) is 9.59 Å². The van der Waals surface area contributed by atoms with Crippen LogP contribution in [0.2, 0.25) is 5.02 Å². The minimum Gasteiger partial charge on any atom is -0.503 e. The fourth-order valence-electron chi connectivity index (χ4n) is 3.40. The highest BCUT2D eigenvalue weighted by molar-refractivity contribution is 6.32. The minimum absolute atomic E-state index is 0.0591. The quantitative estimate of drug-likeness (QED) is 0.681. The summed E-state index contributed by atoms with van der Waals surface area (Å²) in [6, 6.07) is 1.89. The molecular weight excluding hydrogens is 400 g/mol. The standard InChI is InChI=1S/C20H25ClN2O6/c1-4-27-15-9-12(8-14(21)18(15)24)17-16(11(2)23(3)20(26)22-17)19(25)29-10-13-6-5-7-28-13/h8-9,13,17,24H,4-7,10H2,1-3H3,(H,22,26)/t13-,17-/m0/s1. The highest BCUT2D eigenvalue weighted by Gasteiger charge is 2.36. The molecule has 1 saturated heterocycles. The van der Waals surface area contributed by atoms with Gasteiger partial charge in [-0.05, 0) is 44.4 Å². The smallest absolute Gasteiger partial charge is 0.338 e. The second-order valence-corrected chi connectivity index (χ2v) is 7.36. The van der Waals surface area contributed by atoms with Gasteiger partial charge >= 0.3 is 12.0 Å². The maximum absolute atomic E-state index is 12.9. The van der Waals surface area contributed by atoms with Gasteiger partial charge in [0.1, 0.15) is 6.61 Å². The normalized spacial score (nSPS) is 21.9. The van der Waals surface area contributed by atoms with Crippen molar-refractivity contribution in [2.45, 2.75) is 38.8 Å². The summed E-state index contributed by atoms with van der Waals surface area (Å²) >= 11 is 6.15. The lowest BCUT2D eigenvalue weighted by Crippen LogP contribution is -2.46. The summed E-state index contributed by atoms with van der Waals surface area (Å²) in [7, 11) is 1.57. The van der Waals surface area contributed by atoms with E-state index in [1.807, 2.05) is 0 Å². The predicted octanol–water partition coefficient (Wildman–Crippen LogP) is 3.14. The molecular formula is C20H25ClN2O6. The number of nitrogens with zero attached hydrogens (tertiary/aromatic N) is 1. The molecule has 8 nitrogen and oxygen atoms in total. The Morgan fingerprint density at radius 1 is 1.45 bits per heavy atom. The molecule has 1 aromatic carbocycles. The molecule has 0 radical (unpaired) electrons. The van der Waals surface area contributed by atoms with Crippen molar-refractivity contribution >= 4 is 23.6 Å². The van der Waals surface area contributed by atoms with E-state index in [1.165, 1.54) is 11.0 Å². The third-order valence-electron chi connectivity index (χ3n) is 5.08. The summed E-state index contributed by atoms with van der Waals surface area (Å²) in [6.45, 7) is 4.59. The number of carbonyl (C=O) groups is 2. The molecule has 2 atom stereocenters. The van der Waals surface area contributed by atoms with Crippen molar-refractivity contribution in [3.63, 3.8) is 0 Å². The van der Waals surface area contributed by atoms with E-state index in [0.717, 1.165) is 12.8 Å². The van der Waals surface area contributed by atoms with Crippen molar-refractivity contribution in [1.29, 1.82) is 0 Å². The summed E-state index contributed by atoms with van der Waals surface area (Å²) < 4.78 is 16.4. The van der Waals surface area contributed by atoms with Gasteiger partial charge in [-0.1, -0.05) is 11.6 Å². The van der Waals surface area contributed by atoms with E-state index >= 15 is 0 Å². The Bertz CT molecular complexity index is 835. The van der Waals surface area contributed by atoms with Crippen LogP contribution < -0.4 is 10.1 Å². The van der Waals surface area contributed by atoms with Gasteiger partial charge in [-0.15, -0.1) is 0 Å². The first kappa shape index (κ1) is 21.3. The molecule has 1 aromatic rings. The van der Waals surface area contributed by atoms with Gasteiger partial charge in [0.2, 0.25) is 0 Å². The van der Waals surface area contributed by atoms with Crippen molar-refractivity contribution in [2.75, 3.05) is 26.9 Å². The van der Waals surface area contributed by atoms with Gasteiger partial charge in [0.25, 0.3) is 0 Å². The Hall–Kier alpha value is -2.45. The van der Waals surface area contributed by atoms with Crippen LogP contribution in [0.1, 0.15) is 38.3 Å². The third-order valence-corrected chi connectivity index (χ3v) is 5.37. The average Bonchev–Trinajstić information content (AvgIpc) is 3.21. The zero-order chi connectivity index (χ0) is 21.1. The number of hydrogen-bond acceptors (Lipinski definition) is 6. The fourth-order valence-corrected chi connectivity index (χ4v) is 3.62. The summed E-state index contributed by atoms with van der Waals surface area (Å²) in [4.78, 5) is 26.7. The molecule has 2 aliphatic heterocycles. The molecule has 0 aromatic heterocycles. The average molecular weight is 425 g/mol. The monoisotopic (exact) mass is 424 g/mol. The fraction of sp³-hybridized carbons (Fsp3) is 0.500. The molecule has 29 heavy (non-hydrogen) atoms. The highest BCUT2D eigenvalue weighted by atomic mass is 35.5. The molecule has 1 fully saturated rings. The summed E-state index contributed by atoms with van der Waals surface area (Å²) in [5.74, 6) is -0.565. The second kappa shape index (κ2) is 8.92. The number of aromatic hydroxyl groups is 1. The highest BCUT2D eigenvalue weighted by Crippen LogP contribution is 2.40. The molecule has 9 heteroatoms. The van der Waals surface area contributed by atoms with Crippen molar-refractivity contribution < 1.29 is 28.9 Å². The Morgan fingerprint density at radius 3 is 2.86 bits per heavy atom. The summed E-state index contributed by atoms with van der Waals surface area (Å²) in [5, 5.41) is 13.0. The Morgan fingerprint density at radius 2 is 2.21 bits per heavy atom. The van der Waals surface area contributed by atoms with Crippen molar-refractivity contribution in [2.24, 2.45) is 0 Å². The van der Waals surface area contributed by atoms with Crippen molar-refractivity contribution in [3.8, 4) is 11.5 Å². The van der Waals surface area contributed by atoms with E-state index in [9.17, 15) is 14.7 Å². The number of rotatable bonds is 6. The molecule has 0 aliphatic carbocycles. The van der Waals surface area contributed by atoms with E-state index < -0.39 is 12.0 Å². The number of urea groups is 1. The number of amides is 2.